The van der Waals surface area contributed by atoms with Crippen molar-refractivity contribution in [3.63, 3.8) is 0 Å². The highest BCUT2D eigenvalue weighted by atomic mass is 19.1. The summed E-state index contributed by atoms with van der Waals surface area (Å²) in [7, 11) is 0. The van der Waals surface area contributed by atoms with Crippen LogP contribution < -0.4 is 10.7 Å². The molecule has 0 unspecified atom stereocenters. The van der Waals surface area contributed by atoms with Gasteiger partial charge < -0.3 is 24.6 Å². The predicted octanol–water partition coefficient (Wildman–Crippen LogP) is 2.41. The number of carbonyl (C=O) groups excluding carboxylic acids is 2. The monoisotopic (exact) mass is 473 g/mol. The van der Waals surface area contributed by atoms with E-state index in [1.807, 2.05) is 6.92 Å². The number of amides is 2. The van der Waals surface area contributed by atoms with Gasteiger partial charge in [-0.25, -0.2) is 8.78 Å². The Morgan fingerprint density at radius 2 is 1.94 bits per heavy atom. The molecule has 2 aromatic rings. The molecule has 2 bridgehead atoms. The number of nitrogens with zero attached hydrogens (tertiary/aromatic N) is 2. The van der Waals surface area contributed by atoms with Crippen molar-refractivity contribution in [2.45, 2.75) is 57.3 Å². The lowest BCUT2D eigenvalue weighted by atomic mass is 9.81. The van der Waals surface area contributed by atoms with Crippen LogP contribution in [-0.4, -0.2) is 51.2 Å². The molecule has 0 aliphatic carbocycles. The molecule has 3 aliphatic rings. The fourth-order valence-electron chi connectivity index (χ4n) is 5.29. The summed E-state index contributed by atoms with van der Waals surface area (Å²) in [5.41, 5.74) is -2.10. The highest BCUT2D eigenvalue weighted by Crippen LogP contribution is 2.47. The molecule has 1 aromatic heterocycles. The average Bonchev–Trinajstić information content (AvgIpc) is 2.88. The SMILES string of the molecule is Cc1cc(F)c(CNC(=O)c2cn3c(c(O)c2=O)C(=O)N2C[C@@H]3[C@]3(CCO3)CC[C@@H]2C)c(F)c1. The quantitative estimate of drug-likeness (QED) is 0.713. The number of carbonyl (C=O) groups is 2. The van der Waals surface area contributed by atoms with Gasteiger partial charge in [-0.1, -0.05) is 0 Å². The van der Waals surface area contributed by atoms with Crippen LogP contribution in [0, 0.1) is 18.6 Å². The second kappa shape index (κ2) is 7.90. The van der Waals surface area contributed by atoms with Gasteiger partial charge in [0.2, 0.25) is 5.43 Å². The van der Waals surface area contributed by atoms with Crippen LogP contribution in [-0.2, 0) is 11.3 Å². The van der Waals surface area contributed by atoms with Gasteiger partial charge in [0, 0.05) is 37.3 Å². The molecule has 3 aliphatic heterocycles. The fourth-order valence-corrected chi connectivity index (χ4v) is 5.29. The standard InChI is InChI=1S/C24H25F2N3O5/c1-12-7-16(25)14(17(26)8-12)9-27-22(32)15-10-29-18-11-28(23(33)19(29)21(31)20(15)30)13(2)3-4-24(18)5-6-34-24/h7-8,10,13,18,31H,3-6,9,11H2,1-2H3,(H,27,32)/t13-,18+,24+/m0/s1. The number of nitrogens with one attached hydrogen (secondary N) is 1. The van der Waals surface area contributed by atoms with Crippen LogP contribution in [0.25, 0.3) is 0 Å². The summed E-state index contributed by atoms with van der Waals surface area (Å²) >= 11 is 0. The van der Waals surface area contributed by atoms with E-state index in [9.17, 15) is 28.3 Å². The molecule has 5 rings (SSSR count). The van der Waals surface area contributed by atoms with Crippen LogP contribution in [0.15, 0.2) is 23.1 Å². The van der Waals surface area contributed by atoms with E-state index in [2.05, 4.69) is 5.32 Å². The van der Waals surface area contributed by atoms with Crippen LogP contribution in [0.3, 0.4) is 0 Å². The molecular weight excluding hydrogens is 448 g/mol. The largest absolute Gasteiger partial charge is 0.503 e. The number of ether oxygens (including phenoxy) is 1. The number of aromatic nitrogens is 1. The zero-order valence-electron chi connectivity index (χ0n) is 18.9. The van der Waals surface area contributed by atoms with E-state index in [-0.39, 0.29) is 23.3 Å². The van der Waals surface area contributed by atoms with Crippen molar-refractivity contribution in [3.8, 4) is 5.75 Å². The lowest BCUT2D eigenvalue weighted by Crippen LogP contribution is -2.56. The summed E-state index contributed by atoms with van der Waals surface area (Å²) in [6.07, 6.45) is 3.42. The van der Waals surface area contributed by atoms with Gasteiger partial charge in [0.1, 0.15) is 17.2 Å². The van der Waals surface area contributed by atoms with Gasteiger partial charge in [0.15, 0.2) is 11.4 Å². The maximum Gasteiger partial charge on any atom is 0.274 e. The number of pyridine rings is 1. The second-order valence-corrected chi connectivity index (χ2v) is 9.39. The lowest BCUT2D eigenvalue weighted by molar-refractivity contribution is -0.179. The molecule has 3 atom stereocenters. The number of rotatable bonds is 3. The molecule has 8 nitrogen and oxygen atoms in total. The lowest BCUT2D eigenvalue weighted by Gasteiger charge is -2.49. The minimum absolute atomic E-state index is 0.0934. The first-order valence-electron chi connectivity index (χ1n) is 11.3. The van der Waals surface area contributed by atoms with E-state index in [1.54, 1.807) is 11.8 Å². The van der Waals surface area contributed by atoms with Crippen LogP contribution in [0.4, 0.5) is 8.78 Å². The zero-order valence-corrected chi connectivity index (χ0v) is 18.9. The highest BCUT2D eigenvalue weighted by molar-refractivity contribution is 5.99. The Morgan fingerprint density at radius 1 is 1.26 bits per heavy atom. The minimum Gasteiger partial charge on any atom is -0.503 e. The van der Waals surface area contributed by atoms with Crippen LogP contribution >= 0.6 is 0 Å². The van der Waals surface area contributed by atoms with Crippen LogP contribution in [0.1, 0.15) is 64.2 Å². The van der Waals surface area contributed by atoms with Crippen molar-refractivity contribution in [1.29, 1.82) is 0 Å². The molecule has 4 heterocycles. The van der Waals surface area contributed by atoms with Crippen molar-refractivity contribution >= 4 is 11.8 Å². The van der Waals surface area contributed by atoms with E-state index in [0.29, 0.717) is 31.6 Å². The number of benzene rings is 1. The molecule has 34 heavy (non-hydrogen) atoms. The number of halogens is 2. The Kier molecular flexibility index (Phi) is 5.23. The number of fused-ring (bicyclic) bond motifs is 5. The molecule has 10 heteroatoms. The van der Waals surface area contributed by atoms with Gasteiger partial charge in [0.05, 0.1) is 18.2 Å². The molecule has 2 amide bonds. The Morgan fingerprint density at radius 3 is 2.56 bits per heavy atom. The first-order chi connectivity index (χ1) is 16.1. The van der Waals surface area contributed by atoms with E-state index in [0.717, 1.165) is 18.6 Å². The van der Waals surface area contributed by atoms with E-state index in [4.69, 9.17) is 4.74 Å². The first-order valence-corrected chi connectivity index (χ1v) is 11.3. The summed E-state index contributed by atoms with van der Waals surface area (Å²) in [4.78, 5) is 40.5. The second-order valence-electron chi connectivity index (χ2n) is 9.39. The summed E-state index contributed by atoms with van der Waals surface area (Å²) < 4.78 is 35.8. The summed E-state index contributed by atoms with van der Waals surface area (Å²) in [6.45, 7) is 3.88. The molecule has 2 fully saturated rings. The predicted molar refractivity (Wildman–Crippen MR) is 117 cm³/mol. The third-order valence-electron chi connectivity index (χ3n) is 7.37. The molecule has 0 saturated carbocycles. The van der Waals surface area contributed by atoms with Crippen LogP contribution in [0.5, 0.6) is 5.75 Å². The molecule has 1 aromatic carbocycles. The molecule has 2 saturated heterocycles. The molecule has 0 radical (unpaired) electrons. The van der Waals surface area contributed by atoms with E-state index < -0.39 is 52.3 Å². The molecule has 2 N–H and O–H groups in total. The summed E-state index contributed by atoms with van der Waals surface area (Å²) in [5.74, 6) is -3.83. The highest BCUT2D eigenvalue weighted by Gasteiger charge is 2.53. The minimum atomic E-state index is -1.02. The first kappa shape index (κ1) is 22.5. The number of hydrogen-bond acceptors (Lipinski definition) is 5. The fraction of sp³-hybridized carbons (Fsp3) is 0.458. The smallest absolute Gasteiger partial charge is 0.274 e. The van der Waals surface area contributed by atoms with Crippen molar-refractivity contribution in [2.24, 2.45) is 0 Å². The van der Waals surface area contributed by atoms with Gasteiger partial charge in [-0.05, 0) is 44.4 Å². The van der Waals surface area contributed by atoms with Gasteiger partial charge in [-0.2, -0.15) is 0 Å². The van der Waals surface area contributed by atoms with E-state index >= 15 is 0 Å². The maximum absolute atomic E-state index is 14.2. The van der Waals surface area contributed by atoms with Crippen molar-refractivity contribution < 1.29 is 28.2 Å². The Bertz CT molecular complexity index is 1250. The maximum atomic E-state index is 14.2. The molecule has 180 valence electrons. The number of hydrogen-bond donors (Lipinski definition) is 2. The summed E-state index contributed by atoms with van der Waals surface area (Å²) in [5, 5.41) is 13.1. The normalized spacial score (nSPS) is 25.5. The Hall–Kier alpha value is -3.27. The van der Waals surface area contributed by atoms with Gasteiger partial charge in [0.25, 0.3) is 11.8 Å². The third-order valence-corrected chi connectivity index (χ3v) is 7.37. The summed E-state index contributed by atoms with van der Waals surface area (Å²) in [6, 6.07) is 1.81. The van der Waals surface area contributed by atoms with Crippen molar-refractivity contribution in [2.75, 3.05) is 13.2 Å². The third kappa shape index (κ3) is 3.31. The average molecular weight is 473 g/mol. The number of aromatic hydroxyl groups is 1. The van der Waals surface area contributed by atoms with Gasteiger partial charge >= 0.3 is 0 Å². The van der Waals surface area contributed by atoms with Gasteiger partial charge in [-0.3, -0.25) is 14.4 Å². The van der Waals surface area contributed by atoms with Crippen molar-refractivity contribution in [3.05, 3.63) is 62.6 Å². The molecule has 1 spiro atoms. The van der Waals surface area contributed by atoms with Crippen LogP contribution in [0.2, 0.25) is 0 Å². The topological polar surface area (TPSA) is 101 Å². The van der Waals surface area contributed by atoms with Crippen molar-refractivity contribution in [1.82, 2.24) is 14.8 Å². The number of aryl methyl sites for hydroxylation is 1. The molecular formula is C24H25F2N3O5. The Balaban J connectivity index is 1.53. The van der Waals surface area contributed by atoms with E-state index in [1.165, 1.54) is 10.8 Å². The Labute approximate surface area is 194 Å². The zero-order chi connectivity index (χ0) is 24.4. The van der Waals surface area contributed by atoms with Gasteiger partial charge in [-0.15, -0.1) is 0 Å².